The minimum Gasteiger partial charge on any atom is -0.478 e. The zero-order valence-corrected chi connectivity index (χ0v) is 11.7. The van der Waals surface area contributed by atoms with Gasteiger partial charge in [0, 0.05) is 12.2 Å². The molecule has 21 heavy (non-hydrogen) atoms. The van der Waals surface area contributed by atoms with Crippen molar-refractivity contribution in [2.75, 3.05) is 5.32 Å². The fraction of sp³-hybridized carbons (Fsp3) is 0.0667. The van der Waals surface area contributed by atoms with Gasteiger partial charge in [-0.2, -0.15) is 0 Å². The molecule has 0 saturated carbocycles. The molecule has 0 aliphatic rings. The van der Waals surface area contributed by atoms with Crippen molar-refractivity contribution >= 4 is 29.2 Å². The lowest BCUT2D eigenvalue weighted by molar-refractivity contribution is 0.0696. The molecule has 0 unspecified atom stereocenters. The summed E-state index contributed by atoms with van der Waals surface area (Å²) in [6.07, 6.45) is 0. The second kappa shape index (κ2) is 6.28. The maximum absolute atomic E-state index is 11.4. The summed E-state index contributed by atoms with van der Waals surface area (Å²) in [6, 6.07) is 11.4. The van der Waals surface area contributed by atoms with Gasteiger partial charge in [0.25, 0.3) is 5.91 Å². The van der Waals surface area contributed by atoms with Crippen molar-refractivity contribution in [3.63, 3.8) is 0 Å². The van der Waals surface area contributed by atoms with Crippen LogP contribution in [-0.2, 0) is 6.54 Å². The highest BCUT2D eigenvalue weighted by Gasteiger charge is 2.12. The summed E-state index contributed by atoms with van der Waals surface area (Å²) in [6.45, 7) is 0.417. The molecule has 108 valence electrons. The number of nitrogens with two attached hydrogens (primary N) is 1. The lowest BCUT2D eigenvalue weighted by Gasteiger charge is -2.11. The van der Waals surface area contributed by atoms with Gasteiger partial charge in [0.15, 0.2) is 0 Å². The second-order valence-corrected chi connectivity index (χ2v) is 4.79. The Kier molecular flexibility index (Phi) is 4.45. The maximum atomic E-state index is 11.4. The molecule has 0 bridgehead atoms. The van der Waals surface area contributed by atoms with Gasteiger partial charge in [-0.15, -0.1) is 0 Å². The van der Waals surface area contributed by atoms with E-state index < -0.39 is 11.9 Å². The van der Waals surface area contributed by atoms with Crippen molar-refractivity contribution in [3.8, 4) is 0 Å². The predicted molar refractivity (Wildman–Crippen MR) is 80.7 cm³/mol. The smallest absolute Gasteiger partial charge is 0.335 e. The van der Waals surface area contributed by atoms with Gasteiger partial charge >= 0.3 is 5.97 Å². The predicted octanol–water partition coefficient (Wildman–Crippen LogP) is 2.75. The molecule has 4 N–H and O–H groups in total. The minimum absolute atomic E-state index is 0.222. The molecular formula is C15H13ClN2O3. The highest BCUT2D eigenvalue weighted by Crippen LogP contribution is 2.24. The Morgan fingerprint density at radius 1 is 1.14 bits per heavy atom. The van der Waals surface area contributed by atoms with Gasteiger partial charge in [-0.05, 0) is 29.8 Å². The molecule has 2 rings (SSSR count). The molecule has 0 atom stereocenters. The average Bonchev–Trinajstić information content (AvgIpc) is 2.45. The van der Waals surface area contributed by atoms with Gasteiger partial charge in [-0.1, -0.05) is 29.8 Å². The number of benzene rings is 2. The molecule has 2 aromatic carbocycles. The van der Waals surface area contributed by atoms with Crippen LogP contribution >= 0.6 is 11.6 Å². The van der Waals surface area contributed by atoms with Crippen LogP contribution in [-0.4, -0.2) is 17.0 Å². The molecule has 0 fully saturated rings. The third-order valence-corrected chi connectivity index (χ3v) is 3.26. The van der Waals surface area contributed by atoms with Gasteiger partial charge in [0.2, 0.25) is 0 Å². The summed E-state index contributed by atoms with van der Waals surface area (Å²) in [5.41, 5.74) is 7.18. The van der Waals surface area contributed by atoms with Crippen molar-refractivity contribution in [2.45, 2.75) is 6.54 Å². The van der Waals surface area contributed by atoms with E-state index in [9.17, 15) is 9.59 Å². The minimum atomic E-state index is -0.972. The first-order valence-electron chi connectivity index (χ1n) is 6.13. The third-order valence-electron chi connectivity index (χ3n) is 2.94. The first kappa shape index (κ1) is 14.9. The number of primary amides is 1. The van der Waals surface area contributed by atoms with Crippen LogP contribution in [0.1, 0.15) is 26.3 Å². The Morgan fingerprint density at radius 3 is 2.38 bits per heavy atom. The monoisotopic (exact) mass is 304 g/mol. The Balaban J connectivity index is 2.15. The summed E-state index contributed by atoms with van der Waals surface area (Å²) in [7, 11) is 0. The number of aromatic carboxylic acids is 1. The SMILES string of the molecule is NC(=O)c1c(Cl)cccc1NCc1ccc(C(=O)O)cc1. The van der Waals surface area contributed by atoms with E-state index in [0.29, 0.717) is 12.2 Å². The van der Waals surface area contributed by atoms with Crippen LogP contribution < -0.4 is 11.1 Å². The van der Waals surface area contributed by atoms with E-state index in [2.05, 4.69) is 5.32 Å². The van der Waals surface area contributed by atoms with E-state index >= 15 is 0 Å². The quantitative estimate of drug-likeness (QED) is 0.792. The normalized spacial score (nSPS) is 10.1. The summed E-state index contributed by atoms with van der Waals surface area (Å²) in [5, 5.41) is 12.2. The topological polar surface area (TPSA) is 92.4 Å². The first-order chi connectivity index (χ1) is 9.99. The Labute approximate surface area is 126 Å². The van der Waals surface area contributed by atoms with Crippen LogP contribution in [0.15, 0.2) is 42.5 Å². The molecule has 0 aliphatic heterocycles. The second-order valence-electron chi connectivity index (χ2n) is 4.38. The average molecular weight is 305 g/mol. The zero-order valence-electron chi connectivity index (χ0n) is 11.0. The van der Waals surface area contributed by atoms with Gasteiger partial charge in [-0.25, -0.2) is 4.79 Å². The van der Waals surface area contributed by atoms with Crippen LogP contribution in [0.5, 0.6) is 0 Å². The van der Waals surface area contributed by atoms with Crippen molar-refractivity contribution in [3.05, 3.63) is 64.2 Å². The van der Waals surface area contributed by atoms with E-state index in [1.165, 1.54) is 12.1 Å². The number of amides is 1. The standard InChI is InChI=1S/C15H13ClN2O3/c16-11-2-1-3-12(13(11)14(17)19)18-8-9-4-6-10(7-5-9)15(20)21/h1-7,18H,8H2,(H2,17,19)(H,20,21). The van der Waals surface area contributed by atoms with Gasteiger partial charge in [0.1, 0.15) is 0 Å². The van der Waals surface area contributed by atoms with E-state index in [0.717, 1.165) is 5.56 Å². The molecule has 5 nitrogen and oxygen atoms in total. The van der Waals surface area contributed by atoms with Crippen molar-refractivity contribution in [1.29, 1.82) is 0 Å². The van der Waals surface area contributed by atoms with Crippen LogP contribution in [0.2, 0.25) is 5.02 Å². The Bertz CT molecular complexity index is 684. The largest absolute Gasteiger partial charge is 0.478 e. The van der Waals surface area contributed by atoms with Crippen LogP contribution in [0.4, 0.5) is 5.69 Å². The van der Waals surface area contributed by atoms with Crippen molar-refractivity contribution in [2.24, 2.45) is 5.73 Å². The molecule has 2 aromatic rings. The molecule has 1 amide bonds. The number of anilines is 1. The zero-order chi connectivity index (χ0) is 15.4. The van der Waals surface area contributed by atoms with Crippen LogP contribution in [0.3, 0.4) is 0 Å². The van der Waals surface area contributed by atoms with E-state index in [4.69, 9.17) is 22.4 Å². The number of carboxylic acids is 1. The Hall–Kier alpha value is -2.53. The van der Waals surface area contributed by atoms with Crippen molar-refractivity contribution in [1.82, 2.24) is 0 Å². The number of hydrogen-bond donors (Lipinski definition) is 3. The van der Waals surface area contributed by atoms with Gasteiger partial charge in [0.05, 0.1) is 16.1 Å². The number of hydrogen-bond acceptors (Lipinski definition) is 3. The molecule has 0 heterocycles. The summed E-state index contributed by atoms with van der Waals surface area (Å²) in [4.78, 5) is 22.2. The van der Waals surface area contributed by atoms with E-state index in [1.807, 2.05) is 0 Å². The van der Waals surface area contributed by atoms with Crippen LogP contribution in [0, 0.1) is 0 Å². The number of carbonyl (C=O) groups is 2. The molecule has 0 radical (unpaired) electrons. The number of halogens is 1. The maximum Gasteiger partial charge on any atom is 0.335 e. The molecule has 0 aliphatic carbocycles. The molecular weight excluding hydrogens is 292 g/mol. The van der Waals surface area contributed by atoms with Gasteiger partial charge < -0.3 is 16.2 Å². The lowest BCUT2D eigenvalue weighted by atomic mass is 10.1. The highest BCUT2D eigenvalue weighted by molar-refractivity contribution is 6.34. The van der Waals surface area contributed by atoms with E-state index in [1.54, 1.807) is 30.3 Å². The van der Waals surface area contributed by atoms with Gasteiger partial charge in [-0.3, -0.25) is 4.79 Å². The number of carboxylic acid groups (broad SMARTS) is 1. The lowest BCUT2D eigenvalue weighted by Crippen LogP contribution is -2.15. The summed E-state index contributed by atoms with van der Waals surface area (Å²) >= 11 is 5.96. The summed E-state index contributed by atoms with van der Waals surface area (Å²) < 4.78 is 0. The molecule has 0 spiro atoms. The number of rotatable bonds is 5. The molecule has 0 saturated heterocycles. The Morgan fingerprint density at radius 2 is 1.81 bits per heavy atom. The number of carbonyl (C=O) groups excluding carboxylic acids is 1. The first-order valence-corrected chi connectivity index (χ1v) is 6.51. The number of nitrogens with one attached hydrogen (secondary N) is 1. The fourth-order valence-corrected chi connectivity index (χ4v) is 2.15. The fourth-order valence-electron chi connectivity index (χ4n) is 1.88. The summed E-state index contributed by atoms with van der Waals surface area (Å²) in [5.74, 6) is -1.58. The van der Waals surface area contributed by atoms with Crippen molar-refractivity contribution < 1.29 is 14.7 Å². The molecule has 6 heteroatoms. The highest BCUT2D eigenvalue weighted by atomic mass is 35.5. The van der Waals surface area contributed by atoms with E-state index in [-0.39, 0.29) is 16.1 Å². The van der Waals surface area contributed by atoms with Crippen LogP contribution in [0.25, 0.3) is 0 Å². The third kappa shape index (κ3) is 3.52. The molecule has 0 aromatic heterocycles.